The van der Waals surface area contributed by atoms with Gasteiger partial charge in [0.2, 0.25) is 0 Å². The van der Waals surface area contributed by atoms with Crippen LogP contribution in [0, 0.1) is 5.92 Å². The van der Waals surface area contributed by atoms with Gasteiger partial charge in [-0.15, -0.1) is 5.10 Å². The molecule has 172 valence electrons. The third-order valence-corrected chi connectivity index (χ3v) is 6.36. The van der Waals surface area contributed by atoms with Gasteiger partial charge in [0.1, 0.15) is 12.5 Å². The molecule has 0 aliphatic heterocycles. The first-order valence-electron chi connectivity index (χ1n) is 9.69. The molecule has 31 heavy (non-hydrogen) atoms. The van der Waals surface area contributed by atoms with Gasteiger partial charge in [-0.3, -0.25) is 4.79 Å². The lowest BCUT2D eigenvalue weighted by molar-refractivity contribution is -0.165. The molecule has 13 heteroatoms. The number of carbonyl (C=O) groups is 1. The van der Waals surface area contributed by atoms with Gasteiger partial charge in [-0.25, -0.2) is 9.67 Å². The molecule has 0 saturated heterocycles. The van der Waals surface area contributed by atoms with Crippen LogP contribution in [0.5, 0.6) is 0 Å². The predicted molar refractivity (Wildman–Crippen MR) is 109 cm³/mol. The molecule has 2 atom stereocenters. The summed E-state index contributed by atoms with van der Waals surface area (Å²) in [5.41, 5.74) is 6.08. The maximum absolute atomic E-state index is 13.1. The van der Waals surface area contributed by atoms with Gasteiger partial charge >= 0.3 is 12.1 Å². The van der Waals surface area contributed by atoms with Crippen LogP contribution < -0.4 is 5.73 Å². The van der Waals surface area contributed by atoms with Crippen molar-refractivity contribution in [2.24, 2.45) is 5.92 Å². The summed E-state index contributed by atoms with van der Waals surface area (Å²) in [7, 11) is -1.34. The number of alkyl halides is 3. The van der Waals surface area contributed by atoms with E-state index < -0.39 is 38.5 Å². The largest absolute Gasteiger partial charge is 0.481 e. The van der Waals surface area contributed by atoms with E-state index in [1.54, 1.807) is 6.07 Å². The van der Waals surface area contributed by atoms with Crippen molar-refractivity contribution in [1.29, 1.82) is 0 Å². The molecule has 2 aromatic heterocycles. The number of nitrogen functional groups attached to an aromatic ring is 1. The lowest BCUT2D eigenvalue weighted by Crippen LogP contribution is -2.31. The number of hydrogen-bond donors (Lipinski definition) is 2. The zero-order valence-electron chi connectivity index (χ0n) is 17.6. The van der Waals surface area contributed by atoms with Crippen molar-refractivity contribution in [1.82, 2.24) is 25.2 Å². The van der Waals surface area contributed by atoms with Gasteiger partial charge in [0.25, 0.3) is 0 Å². The lowest BCUT2D eigenvalue weighted by atomic mass is 9.84. The minimum atomic E-state index is -4.67. The molecule has 0 spiro atoms. The minimum absolute atomic E-state index is 0.0153. The Hall–Kier alpha value is -2.54. The highest BCUT2D eigenvalue weighted by Crippen LogP contribution is 2.36. The fourth-order valence-electron chi connectivity index (χ4n) is 2.97. The van der Waals surface area contributed by atoms with Crippen molar-refractivity contribution in [3.8, 4) is 0 Å². The molecule has 0 saturated carbocycles. The summed E-state index contributed by atoms with van der Waals surface area (Å²) in [5.74, 6) is -4.27. The molecule has 2 rings (SSSR count). The molecule has 0 amide bonds. The fourth-order valence-corrected chi connectivity index (χ4v) is 3.73. The van der Waals surface area contributed by atoms with Crippen LogP contribution in [0.1, 0.15) is 23.7 Å². The summed E-state index contributed by atoms with van der Waals surface area (Å²) < 4.78 is 46.3. The smallest absolute Gasteiger partial charge is 0.389 e. The second kappa shape index (κ2) is 10.2. The van der Waals surface area contributed by atoms with E-state index in [1.807, 2.05) is 0 Å². The van der Waals surface area contributed by atoms with Crippen molar-refractivity contribution >= 4 is 19.9 Å². The number of anilines is 1. The van der Waals surface area contributed by atoms with Crippen molar-refractivity contribution in [3.05, 3.63) is 29.7 Å². The Balaban J connectivity index is 2.30. The van der Waals surface area contributed by atoms with Crippen LogP contribution in [-0.4, -0.2) is 57.1 Å². The van der Waals surface area contributed by atoms with Crippen molar-refractivity contribution in [2.75, 3.05) is 12.3 Å². The molecular weight excluding hydrogens is 433 g/mol. The highest BCUT2D eigenvalue weighted by atomic mass is 28.3. The fraction of sp³-hybridized carbons (Fsp3) is 0.611. The summed E-state index contributed by atoms with van der Waals surface area (Å²) >= 11 is 0. The first-order valence-corrected chi connectivity index (χ1v) is 13.4. The number of carboxylic acids is 1. The number of rotatable bonds is 11. The Labute approximate surface area is 178 Å². The number of hydrogen-bond acceptors (Lipinski definition) is 7. The maximum Gasteiger partial charge on any atom is 0.389 e. The van der Waals surface area contributed by atoms with E-state index >= 15 is 0 Å². The molecule has 0 bridgehead atoms. The molecule has 1 unspecified atom stereocenters. The quantitative estimate of drug-likeness (QED) is 0.387. The van der Waals surface area contributed by atoms with Gasteiger partial charge in [-0.2, -0.15) is 13.2 Å². The average Bonchev–Trinajstić information content (AvgIpc) is 3.10. The normalized spacial score (nSPS) is 14.4. The van der Waals surface area contributed by atoms with Gasteiger partial charge in [-0.1, -0.05) is 25.7 Å². The van der Waals surface area contributed by atoms with E-state index in [2.05, 4.69) is 40.2 Å². The van der Waals surface area contributed by atoms with Crippen LogP contribution in [0.15, 0.2) is 18.3 Å². The monoisotopic (exact) mass is 460 g/mol. The Morgan fingerprint density at radius 3 is 2.58 bits per heavy atom. The molecule has 0 fully saturated rings. The predicted octanol–water partition coefficient (Wildman–Crippen LogP) is 2.94. The Bertz CT molecular complexity index is 854. The number of ether oxygens (including phenoxy) is 1. The van der Waals surface area contributed by atoms with Crippen LogP contribution in [0.2, 0.25) is 25.7 Å². The van der Waals surface area contributed by atoms with Crippen LogP contribution in [0.4, 0.5) is 19.0 Å². The van der Waals surface area contributed by atoms with Gasteiger partial charge < -0.3 is 15.6 Å². The molecule has 0 aliphatic rings. The number of tetrazole rings is 1. The average molecular weight is 461 g/mol. The third-order valence-electron chi connectivity index (χ3n) is 4.66. The highest BCUT2D eigenvalue weighted by molar-refractivity contribution is 6.76. The van der Waals surface area contributed by atoms with E-state index in [0.717, 1.165) is 6.04 Å². The SMILES string of the molecule is C[Si](C)(C)CCOCn1nnnc1[C@@H](Cc1ccc(N)nc1)C(CC(F)(F)F)C(=O)O. The minimum Gasteiger partial charge on any atom is -0.481 e. The van der Waals surface area contributed by atoms with Gasteiger partial charge in [0.15, 0.2) is 5.82 Å². The van der Waals surface area contributed by atoms with Crippen LogP contribution >= 0.6 is 0 Å². The maximum atomic E-state index is 13.1. The standard InChI is InChI=1S/C18H27F3N6O3Si/c1-31(2,3)7-6-30-11-27-16(24-25-26-27)13(8-12-4-5-15(22)23-10-12)14(17(28)29)9-18(19,20)21/h4-5,10,13-14H,6-9,11H2,1-3H3,(H2,22,23)(H,28,29)/t13-,14?/m0/s1. The summed E-state index contributed by atoms with van der Waals surface area (Å²) in [5, 5.41) is 20.8. The Morgan fingerprint density at radius 1 is 1.32 bits per heavy atom. The number of aromatic nitrogens is 5. The molecule has 2 heterocycles. The Morgan fingerprint density at radius 2 is 2.03 bits per heavy atom. The number of aliphatic carboxylic acids is 1. The summed E-state index contributed by atoms with van der Waals surface area (Å²) in [4.78, 5) is 15.7. The Kier molecular flexibility index (Phi) is 8.12. The zero-order valence-corrected chi connectivity index (χ0v) is 18.6. The van der Waals surface area contributed by atoms with Gasteiger partial charge in [0, 0.05) is 26.8 Å². The number of nitrogens with zero attached hydrogens (tertiary/aromatic N) is 5. The number of pyridine rings is 1. The number of carboxylic acid groups (broad SMARTS) is 1. The van der Waals surface area contributed by atoms with Gasteiger partial charge in [-0.05, 0) is 34.5 Å². The van der Waals surface area contributed by atoms with Gasteiger partial charge in [0.05, 0.1) is 12.3 Å². The third kappa shape index (κ3) is 8.24. The molecule has 9 nitrogen and oxygen atoms in total. The molecule has 2 aromatic rings. The van der Waals surface area contributed by atoms with Crippen LogP contribution in [0.25, 0.3) is 0 Å². The second-order valence-electron chi connectivity index (χ2n) is 8.55. The second-order valence-corrected chi connectivity index (χ2v) is 14.2. The summed E-state index contributed by atoms with van der Waals surface area (Å²) in [6, 6.07) is 3.96. The van der Waals surface area contributed by atoms with Crippen LogP contribution in [-0.2, 0) is 22.7 Å². The zero-order chi connectivity index (χ0) is 23.2. The van der Waals surface area contributed by atoms with E-state index in [0.29, 0.717) is 12.2 Å². The van der Waals surface area contributed by atoms with E-state index in [9.17, 15) is 23.1 Å². The first kappa shape index (κ1) is 24.7. The molecule has 3 N–H and O–H groups in total. The topological polar surface area (TPSA) is 129 Å². The molecule has 0 aliphatic carbocycles. The summed E-state index contributed by atoms with van der Waals surface area (Å²) in [6.07, 6.45) is -4.85. The summed E-state index contributed by atoms with van der Waals surface area (Å²) in [6.45, 7) is 6.92. The van der Waals surface area contributed by atoms with E-state index in [-0.39, 0.29) is 24.8 Å². The molecular formula is C18H27F3N6O3Si. The number of nitrogens with two attached hydrogens (primary N) is 1. The molecule has 0 aromatic carbocycles. The molecule has 0 radical (unpaired) electrons. The lowest BCUT2D eigenvalue weighted by Gasteiger charge is -2.24. The first-order chi connectivity index (χ1) is 14.4. The van der Waals surface area contributed by atoms with Crippen molar-refractivity contribution < 1.29 is 27.8 Å². The van der Waals surface area contributed by atoms with E-state index in [4.69, 9.17) is 10.5 Å². The van der Waals surface area contributed by atoms with Crippen molar-refractivity contribution in [3.63, 3.8) is 0 Å². The van der Waals surface area contributed by atoms with Crippen LogP contribution in [0.3, 0.4) is 0 Å². The highest BCUT2D eigenvalue weighted by Gasteiger charge is 2.42. The van der Waals surface area contributed by atoms with Crippen molar-refractivity contribution in [2.45, 2.75) is 57.4 Å². The number of halogens is 3. The van der Waals surface area contributed by atoms with E-state index in [1.165, 1.54) is 16.9 Å².